The smallest absolute Gasteiger partial charge is 0.0508 e. The van der Waals surface area contributed by atoms with E-state index in [2.05, 4.69) is 72.2 Å². The summed E-state index contributed by atoms with van der Waals surface area (Å²) in [5.74, 6) is 1.80. The summed E-state index contributed by atoms with van der Waals surface area (Å²) in [5, 5.41) is 3.54. The van der Waals surface area contributed by atoms with Gasteiger partial charge in [-0.05, 0) is 71.8 Å². The molecule has 0 bridgehead atoms. The molecule has 1 aromatic rings. The number of hydrogen-bond donors (Lipinski definition) is 1. The van der Waals surface area contributed by atoms with Crippen LogP contribution < -0.4 is 10.2 Å². The number of halogens is 1. The fourth-order valence-corrected chi connectivity index (χ4v) is 3.38. The average Bonchev–Trinajstić information content (AvgIpc) is 3.10. The molecular weight excluding hydrogens is 312 g/mol. The Hall–Kier alpha value is -0.540. The second-order valence-electron chi connectivity index (χ2n) is 6.24. The predicted molar refractivity (Wildman–Crippen MR) is 91.4 cm³/mol. The monoisotopic (exact) mass is 338 g/mol. The third-order valence-corrected chi connectivity index (χ3v) is 5.00. The van der Waals surface area contributed by atoms with E-state index in [0.29, 0.717) is 6.04 Å². The Kier molecular flexibility index (Phi) is 5.50. The molecule has 0 spiro atoms. The summed E-state index contributed by atoms with van der Waals surface area (Å²) in [6, 6.07) is 7.17. The van der Waals surface area contributed by atoms with Crippen molar-refractivity contribution in [1.29, 1.82) is 0 Å². The maximum atomic E-state index is 3.74. The zero-order valence-corrected chi connectivity index (χ0v) is 14.7. The van der Waals surface area contributed by atoms with Crippen molar-refractivity contribution in [2.24, 2.45) is 11.8 Å². The maximum Gasteiger partial charge on any atom is 0.0508 e. The molecule has 1 aliphatic rings. The van der Waals surface area contributed by atoms with Crippen molar-refractivity contribution in [2.45, 2.75) is 39.7 Å². The van der Waals surface area contributed by atoms with Crippen LogP contribution in [0.2, 0.25) is 0 Å². The lowest BCUT2D eigenvalue weighted by atomic mass is 10.1. The van der Waals surface area contributed by atoms with Crippen LogP contribution in [0, 0.1) is 11.8 Å². The topological polar surface area (TPSA) is 15.3 Å². The van der Waals surface area contributed by atoms with Gasteiger partial charge in [-0.25, -0.2) is 0 Å². The molecule has 0 radical (unpaired) electrons. The Labute approximate surface area is 132 Å². The SMILES string of the molecule is CCCNC(C)c1ccc(N(C)CC2CC2C)c(Br)c1. The lowest BCUT2D eigenvalue weighted by Gasteiger charge is -2.22. The standard InChI is InChI=1S/C17H27BrN2/c1-5-8-19-13(3)14-6-7-17(16(18)10-14)20(4)11-15-9-12(15)2/h6-7,10,12-13,15,19H,5,8-9,11H2,1-4H3. The Morgan fingerprint density at radius 2 is 2.15 bits per heavy atom. The zero-order chi connectivity index (χ0) is 14.7. The number of rotatable bonds is 7. The van der Waals surface area contributed by atoms with Gasteiger partial charge in [0.05, 0.1) is 5.69 Å². The average molecular weight is 339 g/mol. The summed E-state index contributed by atoms with van der Waals surface area (Å²) in [4.78, 5) is 2.38. The van der Waals surface area contributed by atoms with Gasteiger partial charge in [0.15, 0.2) is 0 Å². The summed E-state index contributed by atoms with van der Waals surface area (Å²) < 4.78 is 1.20. The first-order valence-corrected chi connectivity index (χ1v) is 8.56. The number of nitrogens with one attached hydrogen (secondary N) is 1. The van der Waals surface area contributed by atoms with Crippen LogP contribution in [0.3, 0.4) is 0 Å². The van der Waals surface area contributed by atoms with Gasteiger partial charge in [0.1, 0.15) is 0 Å². The third-order valence-electron chi connectivity index (χ3n) is 4.37. The van der Waals surface area contributed by atoms with Gasteiger partial charge in [-0.15, -0.1) is 0 Å². The lowest BCUT2D eigenvalue weighted by molar-refractivity contribution is 0.570. The number of benzene rings is 1. The molecule has 3 unspecified atom stereocenters. The van der Waals surface area contributed by atoms with Crippen molar-refractivity contribution in [2.75, 3.05) is 25.0 Å². The van der Waals surface area contributed by atoms with Crippen LogP contribution >= 0.6 is 15.9 Å². The van der Waals surface area contributed by atoms with Crippen LogP contribution in [-0.2, 0) is 0 Å². The minimum absolute atomic E-state index is 0.411. The molecule has 20 heavy (non-hydrogen) atoms. The van der Waals surface area contributed by atoms with Crippen molar-refractivity contribution >= 4 is 21.6 Å². The molecule has 1 saturated carbocycles. The van der Waals surface area contributed by atoms with E-state index in [4.69, 9.17) is 0 Å². The molecule has 1 fully saturated rings. The number of hydrogen-bond acceptors (Lipinski definition) is 2. The van der Waals surface area contributed by atoms with Crippen LogP contribution in [0.1, 0.15) is 45.2 Å². The van der Waals surface area contributed by atoms with Gasteiger partial charge in [-0.2, -0.15) is 0 Å². The largest absolute Gasteiger partial charge is 0.373 e. The van der Waals surface area contributed by atoms with E-state index in [1.807, 2.05) is 0 Å². The summed E-state index contributed by atoms with van der Waals surface area (Å²) in [6.45, 7) is 9.01. The van der Waals surface area contributed by atoms with E-state index in [-0.39, 0.29) is 0 Å². The molecule has 0 aliphatic heterocycles. The maximum absolute atomic E-state index is 3.74. The molecule has 0 saturated heterocycles. The number of anilines is 1. The van der Waals surface area contributed by atoms with E-state index in [0.717, 1.165) is 18.4 Å². The van der Waals surface area contributed by atoms with Crippen LogP contribution in [0.15, 0.2) is 22.7 Å². The molecule has 0 amide bonds. The fourth-order valence-electron chi connectivity index (χ4n) is 2.68. The Morgan fingerprint density at radius 1 is 1.45 bits per heavy atom. The molecule has 1 N–H and O–H groups in total. The summed E-state index contributed by atoms with van der Waals surface area (Å²) in [7, 11) is 2.20. The predicted octanol–water partition coefficient (Wildman–Crippen LogP) is 4.60. The van der Waals surface area contributed by atoms with Gasteiger partial charge in [-0.1, -0.05) is 19.9 Å². The van der Waals surface area contributed by atoms with Gasteiger partial charge in [0.2, 0.25) is 0 Å². The van der Waals surface area contributed by atoms with Crippen LogP contribution in [0.5, 0.6) is 0 Å². The Morgan fingerprint density at radius 3 is 2.70 bits per heavy atom. The summed E-state index contributed by atoms with van der Waals surface area (Å²) in [5.41, 5.74) is 2.65. The minimum atomic E-state index is 0.411. The molecule has 2 rings (SSSR count). The molecule has 3 heteroatoms. The van der Waals surface area contributed by atoms with Crippen LogP contribution in [0.4, 0.5) is 5.69 Å². The molecule has 1 aliphatic carbocycles. The Balaban J connectivity index is 2.01. The van der Waals surface area contributed by atoms with E-state index < -0.39 is 0 Å². The van der Waals surface area contributed by atoms with Crippen molar-refractivity contribution in [1.82, 2.24) is 5.32 Å². The van der Waals surface area contributed by atoms with Crippen molar-refractivity contribution < 1.29 is 0 Å². The highest BCUT2D eigenvalue weighted by Crippen LogP contribution is 2.39. The highest BCUT2D eigenvalue weighted by atomic mass is 79.9. The molecule has 0 heterocycles. The lowest BCUT2D eigenvalue weighted by Crippen LogP contribution is -2.22. The molecule has 3 atom stereocenters. The van der Waals surface area contributed by atoms with E-state index in [9.17, 15) is 0 Å². The second-order valence-corrected chi connectivity index (χ2v) is 7.09. The second kappa shape index (κ2) is 6.95. The van der Waals surface area contributed by atoms with Crippen molar-refractivity contribution in [3.05, 3.63) is 28.2 Å². The van der Waals surface area contributed by atoms with Crippen LogP contribution in [-0.4, -0.2) is 20.1 Å². The van der Waals surface area contributed by atoms with Crippen molar-refractivity contribution in [3.8, 4) is 0 Å². The van der Waals surface area contributed by atoms with E-state index in [1.165, 1.54) is 35.1 Å². The first-order chi connectivity index (χ1) is 9.52. The fraction of sp³-hybridized carbons (Fsp3) is 0.647. The first-order valence-electron chi connectivity index (χ1n) is 7.76. The normalized spacial score (nSPS) is 22.6. The van der Waals surface area contributed by atoms with Gasteiger partial charge in [0.25, 0.3) is 0 Å². The molecule has 0 aromatic heterocycles. The van der Waals surface area contributed by atoms with Crippen molar-refractivity contribution in [3.63, 3.8) is 0 Å². The highest BCUT2D eigenvalue weighted by Gasteiger charge is 2.33. The summed E-state index contributed by atoms with van der Waals surface area (Å²) in [6.07, 6.45) is 2.56. The molecular formula is C17H27BrN2. The van der Waals surface area contributed by atoms with Gasteiger partial charge in [0, 0.05) is 24.1 Å². The minimum Gasteiger partial charge on any atom is -0.373 e. The van der Waals surface area contributed by atoms with Gasteiger partial charge in [-0.3, -0.25) is 0 Å². The third kappa shape index (κ3) is 3.98. The van der Waals surface area contributed by atoms with Crippen LogP contribution in [0.25, 0.3) is 0 Å². The molecule has 112 valence electrons. The Bertz CT molecular complexity index is 447. The van der Waals surface area contributed by atoms with E-state index in [1.54, 1.807) is 0 Å². The quantitative estimate of drug-likeness (QED) is 0.781. The highest BCUT2D eigenvalue weighted by molar-refractivity contribution is 9.10. The summed E-state index contributed by atoms with van der Waals surface area (Å²) >= 11 is 3.74. The zero-order valence-electron chi connectivity index (χ0n) is 13.1. The van der Waals surface area contributed by atoms with Gasteiger partial charge >= 0.3 is 0 Å². The number of nitrogens with zero attached hydrogens (tertiary/aromatic N) is 1. The van der Waals surface area contributed by atoms with E-state index >= 15 is 0 Å². The molecule has 1 aromatic carbocycles. The first kappa shape index (κ1) is 15.8. The molecule has 2 nitrogen and oxygen atoms in total. The van der Waals surface area contributed by atoms with Gasteiger partial charge < -0.3 is 10.2 Å².